The molecule has 0 N–H and O–H groups in total. The molecule has 0 saturated carbocycles. The third kappa shape index (κ3) is 3.98. The van der Waals surface area contributed by atoms with E-state index in [0.717, 1.165) is 5.56 Å². The van der Waals surface area contributed by atoms with Gasteiger partial charge in [0, 0.05) is 6.07 Å². The van der Waals surface area contributed by atoms with E-state index in [4.69, 9.17) is 23.4 Å². The number of rotatable bonds is 6. The summed E-state index contributed by atoms with van der Waals surface area (Å²) in [6.45, 7) is 0.198. The van der Waals surface area contributed by atoms with Gasteiger partial charge in [0.15, 0.2) is 11.5 Å². The number of hydrogen-bond acceptors (Lipinski definition) is 7. The summed E-state index contributed by atoms with van der Waals surface area (Å²) >= 11 is 0. The molecule has 0 bridgehead atoms. The van der Waals surface area contributed by atoms with E-state index in [9.17, 15) is 9.59 Å². The van der Waals surface area contributed by atoms with E-state index in [0.29, 0.717) is 17.1 Å². The highest BCUT2D eigenvalue weighted by atomic mass is 16.7. The molecule has 4 rings (SSSR count). The van der Waals surface area contributed by atoms with Crippen LogP contribution in [0.4, 0.5) is 0 Å². The first kappa shape index (κ1) is 17.7. The molecule has 0 spiro atoms. The molecule has 142 valence electrons. The molecular weight excluding hydrogens is 364 g/mol. The van der Waals surface area contributed by atoms with Gasteiger partial charge < -0.3 is 23.4 Å². The maximum Gasteiger partial charge on any atom is 0.338 e. The van der Waals surface area contributed by atoms with Gasteiger partial charge >= 0.3 is 5.97 Å². The van der Waals surface area contributed by atoms with E-state index in [1.807, 2.05) is 30.3 Å². The van der Waals surface area contributed by atoms with Crippen LogP contribution in [0.1, 0.15) is 21.7 Å². The van der Waals surface area contributed by atoms with E-state index in [1.165, 1.54) is 12.3 Å². The number of benzene rings is 2. The maximum absolute atomic E-state index is 12.2. The minimum Gasteiger partial charge on any atom is -0.482 e. The van der Waals surface area contributed by atoms with Gasteiger partial charge in [0.1, 0.15) is 25.2 Å². The first-order valence-electron chi connectivity index (χ1n) is 8.54. The Balaban J connectivity index is 1.35. The minimum absolute atomic E-state index is 0.0923. The SMILES string of the molecule is O=C(OCc1cc(=O)c(OCc2ccccc2)co1)c1ccc2c(c1)OCO2. The van der Waals surface area contributed by atoms with E-state index >= 15 is 0 Å². The summed E-state index contributed by atoms with van der Waals surface area (Å²) in [6.07, 6.45) is 1.22. The lowest BCUT2D eigenvalue weighted by Gasteiger charge is -2.07. The first-order valence-corrected chi connectivity index (χ1v) is 8.54. The molecule has 1 aliphatic rings. The molecule has 7 nitrogen and oxygen atoms in total. The van der Waals surface area contributed by atoms with E-state index in [1.54, 1.807) is 18.2 Å². The predicted molar refractivity (Wildman–Crippen MR) is 97.4 cm³/mol. The van der Waals surface area contributed by atoms with Crippen molar-refractivity contribution in [2.45, 2.75) is 13.2 Å². The van der Waals surface area contributed by atoms with Crippen molar-refractivity contribution in [3.63, 3.8) is 0 Å². The average Bonchev–Trinajstić information content (AvgIpc) is 3.20. The Hall–Kier alpha value is -3.74. The molecular formula is C21H16O7. The topological polar surface area (TPSA) is 84.2 Å². The lowest BCUT2D eigenvalue weighted by atomic mass is 10.2. The van der Waals surface area contributed by atoms with Gasteiger partial charge in [-0.2, -0.15) is 0 Å². The Bertz CT molecular complexity index is 1040. The largest absolute Gasteiger partial charge is 0.482 e. The van der Waals surface area contributed by atoms with Crippen molar-refractivity contribution in [2.75, 3.05) is 6.79 Å². The molecule has 0 aliphatic carbocycles. The molecule has 28 heavy (non-hydrogen) atoms. The van der Waals surface area contributed by atoms with Gasteiger partial charge in [-0.15, -0.1) is 0 Å². The number of fused-ring (bicyclic) bond motifs is 1. The molecule has 0 atom stereocenters. The normalized spacial score (nSPS) is 11.9. The third-order valence-electron chi connectivity index (χ3n) is 4.04. The summed E-state index contributed by atoms with van der Waals surface area (Å²) in [7, 11) is 0. The number of hydrogen-bond donors (Lipinski definition) is 0. The Morgan fingerprint density at radius 3 is 2.61 bits per heavy atom. The summed E-state index contributed by atoms with van der Waals surface area (Å²) in [6, 6.07) is 15.5. The zero-order chi connectivity index (χ0) is 19.3. The van der Waals surface area contributed by atoms with Gasteiger partial charge in [-0.05, 0) is 23.8 Å². The molecule has 0 unspecified atom stereocenters. The van der Waals surface area contributed by atoms with Crippen LogP contribution in [0.2, 0.25) is 0 Å². The number of esters is 1. The molecule has 2 heterocycles. The molecule has 3 aromatic rings. The number of carbonyl (C=O) groups excluding carboxylic acids is 1. The zero-order valence-corrected chi connectivity index (χ0v) is 14.8. The van der Waals surface area contributed by atoms with Gasteiger partial charge in [0.25, 0.3) is 0 Å². The molecule has 2 aromatic carbocycles. The molecule has 1 aromatic heterocycles. The Morgan fingerprint density at radius 1 is 0.964 bits per heavy atom. The van der Waals surface area contributed by atoms with Crippen LogP contribution in [0.25, 0.3) is 0 Å². The summed E-state index contributed by atoms with van der Waals surface area (Å²) in [4.78, 5) is 24.3. The third-order valence-corrected chi connectivity index (χ3v) is 4.04. The highest BCUT2D eigenvalue weighted by molar-refractivity contribution is 5.90. The molecule has 7 heteroatoms. The fraction of sp³-hybridized carbons (Fsp3) is 0.143. The quantitative estimate of drug-likeness (QED) is 0.607. The van der Waals surface area contributed by atoms with Gasteiger partial charge in [-0.3, -0.25) is 4.79 Å². The zero-order valence-electron chi connectivity index (χ0n) is 14.8. The maximum atomic E-state index is 12.2. The second-order valence-corrected chi connectivity index (χ2v) is 5.99. The van der Waals surface area contributed by atoms with E-state index in [2.05, 4.69) is 0 Å². The summed E-state index contributed by atoms with van der Waals surface area (Å²) in [5, 5.41) is 0. The number of ether oxygens (including phenoxy) is 4. The van der Waals surface area contributed by atoms with Crippen molar-refractivity contribution in [2.24, 2.45) is 0 Å². The Morgan fingerprint density at radius 2 is 1.79 bits per heavy atom. The fourth-order valence-corrected chi connectivity index (χ4v) is 2.60. The molecule has 0 radical (unpaired) electrons. The predicted octanol–water partition coefficient (Wildman–Crippen LogP) is 3.30. The lowest BCUT2D eigenvalue weighted by molar-refractivity contribution is 0.0442. The Kier molecular flexibility index (Phi) is 4.97. The van der Waals surface area contributed by atoms with Crippen LogP contribution >= 0.6 is 0 Å². The van der Waals surface area contributed by atoms with Gasteiger partial charge in [0.2, 0.25) is 18.0 Å². The molecule has 0 saturated heterocycles. The van der Waals surface area contributed by atoms with Crippen LogP contribution in [0.15, 0.2) is 70.1 Å². The Labute approximate surface area is 160 Å². The summed E-state index contributed by atoms with van der Waals surface area (Å²) in [5.74, 6) is 0.806. The first-order chi connectivity index (χ1) is 13.7. The number of carbonyl (C=O) groups is 1. The summed E-state index contributed by atoms with van der Waals surface area (Å²) in [5.41, 5.74) is 0.898. The second kappa shape index (κ2) is 7.87. The van der Waals surface area contributed by atoms with Crippen molar-refractivity contribution in [3.05, 3.63) is 88.0 Å². The fourth-order valence-electron chi connectivity index (χ4n) is 2.60. The average molecular weight is 380 g/mol. The van der Waals surface area contributed by atoms with Crippen molar-refractivity contribution in [1.82, 2.24) is 0 Å². The van der Waals surface area contributed by atoms with Gasteiger partial charge in [-0.25, -0.2) is 4.79 Å². The second-order valence-electron chi connectivity index (χ2n) is 5.99. The lowest BCUT2D eigenvalue weighted by Crippen LogP contribution is -2.10. The highest BCUT2D eigenvalue weighted by Gasteiger charge is 2.17. The van der Waals surface area contributed by atoms with Crippen molar-refractivity contribution in [3.8, 4) is 17.2 Å². The monoisotopic (exact) mass is 380 g/mol. The molecule has 1 aliphatic heterocycles. The van der Waals surface area contributed by atoms with Crippen LogP contribution in [-0.4, -0.2) is 12.8 Å². The van der Waals surface area contributed by atoms with E-state index < -0.39 is 5.97 Å². The minimum atomic E-state index is -0.564. The standard InChI is InChI=1S/C21H16O7/c22-17-9-16(24-12-20(17)25-10-14-4-2-1-3-5-14)11-26-21(23)15-6-7-18-19(8-15)28-13-27-18/h1-9,12H,10-11,13H2. The van der Waals surface area contributed by atoms with Crippen LogP contribution in [0, 0.1) is 0 Å². The van der Waals surface area contributed by atoms with Crippen molar-refractivity contribution in [1.29, 1.82) is 0 Å². The van der Waals surface area contributed by atoms with Crippen LogP contribution in [0.5, 0.6) is 17.2 Å². The molecule has 0 amide bonds. The van der Waals surface area contributed by atoms with Crippen molar-refractivity contribution >= 4 is 5.97 Å². The van der Waals surface area contributed by atoms with E-state index in [-0.39, 0.29) is 36.9 Å². The van der Waals surface area contributed by atoms with Crippen LogP contribution in [-0.2, 0) is 18.0 Å². The molecule has 0 fully saturated rings. The smallest absolute Gasteiger partial charge is 0.338 e. The van der Waals surface area contributed by atoms with Gasteiger partial charge in [0.05, 0.1) is 5.56 Å². The summed E-state index contributed by atoms with van der Waals surface area (Å²) < 4.78 is 26.4. The highest BCUT2D eigenvalue weighted by Crippen LogP contribution is 2.32. The van der Waals surface area contributed by atoms with Crippen molar-refractivity contribution < 1.29 is 28.2 Å². The van der Waals surface area contributed by atoms with Crippen LogP contribution in [0.3, 0.4) is 0 Å². The van der Waals surface area contributed by atoms with Gasteiger partial charge in [-0.1, -0.05) is 30.3 Å². The van der Waals surface area contributed by atoms with Crippen LogP contribution < -0.4 is 19.6 Å².